The third-order valence-electron chi connectivity index (χ3n) is 4.79. The van der Waals surface area contributed by atoms with Crippen molar-refractivity contribution in [1.29, 1.82) is 0 Å². The molecule has 1 heteroatoms. The minimum absolute atomic E-state index is 0.295. The molecule has 1 aliphatic rings. The van der Waals surface area contributed by atoms with Gasteiger partial charge >= 0.3 is 0 Å². The summed E-state index contributed by atoms with van der Waals surface area (Å²) in [5, 5.41) is 0. The molecule has 2 heterocycles. The maximum Gasteiger partial charge on any atom is 0.213 e. The summed E-state index contributed by atoms with van der Waals surface area (Å²) in [7, 11) is 0. The van der Waals surface area contributed by atoms with Crippen molar-refractivity contribution in [3.63, 3.8) is 0 Å². The summed E-state index contributed by atoms with van der Waals surface area (Å²) >= 11 is 0. The monoisotopic (exact) mass is 252 g/mol. The van der Waals surface area contributed by atoms with Gasteiger partial charge in [-0.1, -0.05) is 32.0 Å². The summed E-state index contributed by atoms with van der Waals surface area (Å²) in [5.41, 5.74) is 5.95. The molecule has 0 aliphatic carbocycles. The second kappa shape index (κ2) is 4.48. The smallest absolute Gasteiger partial charge is 0.197 e. The number of benzene rings is 1. The number of hydrogen-bond donors (Lipinski definition) is 0. The van der Waals surface area contributed by atoms with Crippen LogP contribution < -0.4 is 4.57 Å². The summed E-state index contributed by atoms with van der Waals surface area (Å²) in [4.78, 5) is 0. The van der Waals surface area contributed by atoms with Crippen molar-refractivity contribution in [3.8, 4) is 11.3 Å². The first kappa shape index (κ1) is 12.4. The number of nitrogens with zero attached hydrogens (tertiary/aromatic N) is 1. The molecular formula is C18H22N+. The Morgan fingerprint density at radius 1 is 1.11 bits per heavy atom. The topological polar surface area (TPSA) is 3.88 Å². The van der Waals surface area contributed by atoms with E-state index in [-0.39, 0.29) is 0 Å². The predicted octanol–water partition coefficient (Wildman–Crippen LogP) is 4.02. The van der Waals surface area contributed by atoms with Gasteiger partial charge in [0, 0.05) is 12.1 Å². The molecular weight excluding hydrogens is 230 g/mol. The molecule has 2 aromatic rings. The third-order valence-corrected chi connectivity index (χ3v) is 4.79. The molecule has 0 N–H and O–H groups in total. The lowest BCUT2D eigenvalue weighted by Gasteiger charge is -2.34. The number of hydrogen-bond acceptors (Lipinski definition) is 0. The van der Waals surface area contributed by atoms with Crippen molar-refractivity contribution < 1.29 is 4.57 Å². The van der Waals surface area contributed by atoms with E-state index in [2.05, 4.69) is 67.9 Å². The number of aromatic nitrogens is 1. The lowest BCUT2D eigenvalue weighted by atomic mass is 9.71. The molecule has 0 bridgehead atoms. The van der Waals surface area contributed by atoms with Crippen molar-refractivity contribution in [2.45, 2.75) is 45.6 Å². The first-order valence-electron chi connectivity index (χ1n) is 7.30. The maximum atomic E-state index is 2.43. The number of pyridine rings is 1. The molecule has 1 aromatic carbocycles. The van der Waals surface area contributed by atoms with Crippen LogP contribution in [0.4, 0.5) is 0 Å². The summed E-state index contributed by atoms with van der Waals surface area (Å²) in [6.45, 7) is 7.91. The lowest BCUT2D eigenvalue weighted by molar-refractivity contribution is -0.697. The normalized spacial score (nSPS) is 15.7. The van der Waals surface area contributed by atoms with Gasteiger partial charge in [0.1, 0.15) is 0 Å². The zero-order valence-corrected chi connectivity index (χ0v) is 12.1. The molecule has 0 unspecified atom stereocenters. The molecule has 0 amide bonds. The van der Waals surface area contributed by atoms with Gasteiger partial charge in [0.05, 0.1) is 11.0 Å². The molecule has 0 atom stereocenters. The van der Waals surface area contributed by atoms with Crippen LogP contribution in [0, 0.1) is 6.92 Å². The maximum absolute atomic E-state index is 2.43. The molecule has 19 heavy (non-hydrogen) atoms. The second-order valence-corrected chi connectivity index (χ2v) is 5.75. The van der Waals surface area contributed by atoms with E-state index in [0.29, 0.717) is 5.41 Å². The van der Waals surface area contributed by atoms with Gasteiger partial charge in [-0.2, -0.15) is 4.57 Å². The Balaban J connectivity index is 2.29. The van der Waals surface area contributed by atoms with Gasteiger partial charge in [-0.25, -0.2) is 0 Å². The minimum atomic E-state index is 0.295. The largest absolute Gasteiger partial charge is 0.213 e. The first-order chi connectivity index (χ1) is 9.20. The minimum Gasteiger partial charge on any atom is -0.197 e. The molecule has 0 saturated carbocycles. The highest BCUT2D eigenvalue weighted by Gasteiger charge is 2.40. The molecule has 3 rings (SSSR count). The predicted molar refractivity (Wildman–Crippen MR) is 79.1 cm³/mol. The van der Waals surface area contributed by atoms with E-state index in [4.69, 9.17) is 0 Å². The summed E-state index contributed by atoms with van der Waals surface area (Å²) in [5.74, 6) is 0. The Morgan fingerprint density at radius 3 is 2.58 bits per heavy atom. The van der Waals surface area contributed by atoms with Gasteiger partial charge in [0.2, 0.25) is 5.69 Å². The van der Waals surface area contributed by atoms with Gasteiger partial charge in [0.25, 0.3) is 0 Å². The van der Waals surface area contributed by atoms with Gasteiger partial charge in [-0.05, 0) is 37.0 Å². The van der Waals surface area contributed by atoms with E-state index in [9.17, 15) is 0 Å². The van der Waals surface area contributed by atoms with Crippen LogP contribution >= 0.6 is 0 Å². The zero-order valence-electron chi connectivity index (χ0n) is 12.1. The third kappa shape index (κ3) is 1.80. The van der Waals surface area contributed by atoms with Gasteiger partial charge in [-0.15, -0.1) is 0 Å². The Hall–Kier alpha value is -1.63. The highest BCUT2D eigenvalue weighted by atomic mass is 15.0. The molecule has 98 valence electrons. The summed E-state index contributed by atoms with van der Waals surface area (Å²) < 4.78 is 2.43. The van der Waals surface area contributed by atoms with Crippen LogP contribution in [-0.2, 0) is 12.0 Å². The van der Waals surface area contributed by atoms with E-state index in [1.54, 1.807) is 0 Å². The van der Waals surface area contributed by atoms with Crippen LogP contribution in [-0.4, -0.2) is 0 Å². The Labute approximate surface area is 115 Å². The molecule has 1 aliphatic heterocycles. The molecule has 1 aromatic heterocycles. The van der Waals surface area contributed by atoms with E-state index in [1.807, 2.05) is 0 Å². The standard InChI is InChI=1S/C18H22N/c1-4-18(5-2)13-19-11-10-14(3)12-17(19)15-8-6-7-9-16(15)18/h6-12H,4-5,13H2,1-3H3/q+1. The molecule has 0 radical (unpaired) electrons. The van der Waals surface area contributed by atoms with Crippen LogP contribution in [0.1, 0.15) is 37.8 Å². The van der Waals surface area contributed by atoms with Crippen molar-refractivity contribution in [3.05, 3.63) is 53.7 Å². The van der Waals surface area contributed by atoms with Crippen molar-refractivity contribution in [2.24, 2.45) is 0 Å². The van der Waals surface area contributed by atoms with Crippen LogP contribution in [0.15, 0.2) is 42.6 Å². The van der Waals surface area contributed by atoms with E-state index in [1.165, 1.54) is 35.2 Å². The lowest BCUT2D eigenvalue weighted by Crippen LogP contribution is -2.50. The van der Waals surface area contributed by atoms with Crippen LogP contribution in [0.25, 0.3) is 11.3 Å². The highest BCUT2D eigenvalue weighted by Crippen LogP contribution is 2.41. The fraction of sp³-hybridized carbons (Fsp3) is 0.389. The Morgan fingerprint density at radius 2 is 1.84 bits per heavy atom. The fourth-order valence-corrected chi connectivity index (χ4v) is 3.44. The molecule has 0 saturated heterocycles. The second-order valence-electron chi connectivity index (χ2n) is 5.75. The Bertz CT molecular complexity index is 609. The van der Waals surface area contributed by atoms with Gasteiger partial charge in [-0.3, -0.25) is 0 Å². The molecule has 1 nitrogen and oxygen atoms in total. The SMILES string of the molecule is CCC1(CC)C[n+]2ccc(C)cc2-c2ccccc21. The number of fused-ring (bicyclic) bond motifs is 3. The van der Waals surface area contributed by atoms with Crippen LogP contribution in [0.3, 0.4) is 0 Å². The van der Waals surface area contributed by atoms with Gasteiger partial charge in [0.15, 0.2) is 12.7 Å². The quantitative estimate of drug-likeness (QED) is 0.711. The summed E-state index contributed by atoms with van der Waals surface area (Å²) in [6, 6.07) is 13.5. The molecule has 0 fully saturated rings. The van der Waals surface area contributed by atoms with Crippen molar-refractivity contribution in [1.82, 2.24) is 0 Å². The zero-order chi connectivity index (χ0) is 13.5. The van der Waals surface area contributed by atoms with Gasteiger partial charge < -0.3 is 0 Å². The number of rotatable bonds is 2. The summed E-state index contributed by atoms with van der Waals surface area (Å²) in [6.07, 6.45) is 4.64. The van der Waals surface area contributed by atoms with E-state index < -0.39 is 0 Å². The van der Waals surface area contributed by atoms with E-state index in [0.717, 1.165) is 6.54 Å². The average molecular weight is 252 g/mol. The Kier molecular flexibility index (Phi) is 2.93. The van der Waals surface area contributed by atoms with E-state index >= 15 is 0 Å². The van der Waals surface area contributed by atoms with Crippen LogP contribution in [0.2, 0.25) is 0 Å². The van der Waals surface area contributed by atoms with Crippen molar-refractivity contribution in [2.75, 3.05) is 0 Å². The average Bonchev–Trinajstić information content (AvgIpc) is 2.47. The highest BCUT2D eigenvalue weighted by molar-refractivity contribution is 5.64. The first-order valence-corrected chi connectivity index (χ1v) is 7.30. The number of aryl methyl sites for hydroxylation is 1. The molecule has 0 spiro atoms. The van der Waals surface area contributed by atoms with Crippen LogP contribution in [0.5, 0.6) is 0 Å². The van der Waals surface area contributed by atoms with Crippen molar-refractivity contribution >= 4 is 0 Å². The fourth-order valence-electron chi connectivity index (χ4n) is 3.44.